The highest BCUT2D eigenvalue weighted by Crippen LogP contribution is 2.40. The van der Waals surface area contributed by atoms with Crippen molar-refractivity contribution >= 4 is 29.1 Å². The minimum Gasteiger partial charge on any atom is -0.454 e. The zero-order chi connectivity index (χ0) is 18.1. The van der Waals surface area contributed by atoms with Crippen LogP contribution in [0, 0.1) is 11.8 Å². The average Bonchev–Trinajstić information content (AvgIpc) is 3.32. The first-order chi connectivity index (χ1) is 12.6. The molecule has 134 valence electrons. The SMILES string of the molecule is O=C(NCc1ccc2c(c1)OCO2)C1CC1C(=O)Nc1ccccc1Cl. The summed E-state index contributed by atoms with van der Waals surface area (Å²) < 4.78 is 10.6. The molecule has 26 heavy (non-hydrogen) atoms. The van der Waals surface area contributed by atoms with Gasteiger partial charge in [-0.15, -0.1) is 0 Å². The predicted octanol–water partition coefficient (Wildman–Crippen LogP) is 2.96. The van der Waals surface area contributed by atoms with Crippen LogP contribution in [0.25, 0.3) is 0 Å². The van der Waals surface area contributed by atoms with Crippen molar-refractivity contribution in [2.75, 3.05) is 12.1 Å². The molecule has 4 rings (SSSR count). The molecule has 1 saturated carbocycles. The number of carbonyl (C=O) groups excluding carboxylic acids is 2. The summed E-state index contributed by atoms with van der Waals surface area (Å²) in [7, 11) is 0. The first kappa shape index (κ1) is 16.7. The van der Waals surface area contributed by atoms with E-state index >= 15 is 0 Å². The Bertz CT molecular complexity index is 870. The Hall–Kier alpha value is -2.73. The Morgan fingerprint density at radius 3 is 2.65 bits per heavy atom. The van der Waals surface area contributed by atoms with Crippen LogP contribution in [0.2, 0.25) is 5.02 Å². The Balaban J connectivity index is 1.29. The molecule has 0 spiro atoms. The fraction of sp³-hybridized carbons (Fsp3) is 0.263. The molecule has 1 aliphatic heterocycles. The van der Waals surface area contributed by atoms with E-state index in [2.05, 4.69) is 10.6 Å². The molecule has 6 nitrogen and oxygen atoms in total. The van der Waals surface area contributed by atoms with Crippen molar-refractivity contribution < 1.29 is 19.1 Å². The summed E-state index contributed by atoms with van der Waals surface area (Å²) in [6.07, 6.45) is 0.545. The molecular formula is C19H17ClN2O4. The number of anilines is 1. The Kier molecular flexibility index (Phi) is 4.42. The molecule has 1 fully saturated rings. The molecule has 2 unspecified atom stereocenters. The van der Waals surface area contributed by atoms with Gasteiger partial charge in [0, 0.05) is 6.54 Å². The van der Waals surface area contributed by atoms with Crippen molar-refractivity contribution in [3.63, 3.8) is 0 Å². The zero-order valence-corrected chi connectivity index (χ0v) is 14.6. The van der Waals surface area contributed by atoms with Gasteiger partial charge in [-0.25, -0.2) is 0 Å². The van der Waals surface area contributed by atoms with E-state index < -0.39 is 0 Å². The smallest absolute Gasteiger partial charge is 0.231 e. The van der Waals surface area contributed by atoms with E-state index in [0.29, 0.717) is 35.2 Å². The van der Waals surface area contributed by atoms with Crippen LogP contribution in [0.15, 0.2) is 42.5 Å². The number of hydrogen-bond acceptors (Lipinski definition) is 4. The van der Waals surface area contributed by atoms with E-state index in [0.717, 1.165) is 5.56 Å². The van der Waals surface area contributed by atoms with Gasteiger partial charge in [-0.2, -0.15) is 0 Å². The van der Waals surface area contributed by atoms with Crippen molar-refractivity contribution in [1.29, 1.82) is 0 Å². The van der Waals surface area contributed by atoms with Gasteiger partial charge in [0.05, 0.1) is 22.5 Å². The molecule has 7 heteroatoms. The second kappa shape index (κ2) is 6.88. The summed E-state index contributed by atoms with van der Waals surface area (Å²) in [5.74, 6) is 0.469. The number of carbonyl (C=O) groups is 2. The summed E-state index contributed by atoms with van der Waals surface area (Å²) in [4.78, 5) is 24.5. The monoisotopic (exact) mass is 372 g/mol. The van der Waals surface area contributed by atoms with Gasteiger partial charge in [0.15, 0.2) is 11.5 Å². The second-order valence-electron chi connectivity index (χ2n) is 6.32. The van der Waals surface area contributed by atoms with Crippen LogP contribution in [0.1, 0.15) is 12.0 Å². The van der Waals surface area contributed by atoms with E-state index in [1.54, 1.807) is 24.3 Å². The van der Waals surface area contributed by atoms with E-state index in [1.165, 1.54) is 0 Å². The van der Waals surface area contributed by atoms with Gasteiger partial charge in [0.1, 0.15) is 0 Å². The standard InChI is InChI=1S/C19H17ClN2O4/c20-14-3-1-2-4-15(14)22-19(24)13-8-12(13)18(23)21-9-11-5-6-16-17(7-11)26-10-25-16/h1-7,12-13H,8-10H2,(H,21,23)(H,22,24). The number of halogens is 1. The van der Waals surface area contributed by atoms with E-state index in [-0.39, 0.29) is 30.4 Å². The molecule has 2 aromatic rings. The average molecular weight is 373 g/mol. The van der Waals surface area contributed by atoms with Crippen LogP contribution in [-0.4, -0.2) is 18.6 Å². The lowest BCUT2D eigenvalue weighted by atomic mass is 10.2. The summed E-state index contributed by atoms with van der Waals surface area (Å²) in [6, 6.07) is 12.6. The Morgan fingerprint density at radius 2 is 1.81 bits per heavy atom. The number of amides is 2. The molecular weight excluding hydrogens is 356 g/mol. The third kappa shape index (κ3) is 3.46. The minimum absolute atomic E-state index is 0.123. The normalized spacial score (nSPS) is 19.7. The highest BCUT2D eigenvalue weighted by Gasteiger charge is 2.48. The summed E-state index contributed by atoms with van der Waals surface area (Å²) in [5, 5.41) is 6.13. The fourth-order valence-corrected chi connectivity index (χ4v) is 3.12. The van der Waals surface area contributed by atoms with Crippen molar-refractivity contribution in [3.05, 3.63) is 53.1 Å². The highest BCUT2D eigenvalue weighted by molar-refractivity contribution is 6.33. The van der Waals surface area contributed by atoms with Crippen LogP contribution >= 0.6 is 11.6 Å². The topological polar surface area (TPSA) is 76.7 Å². The number of fused-ring (bicyclic) bond motifs is 1. The predicted molar refractivity (Wildman–Crippen MR) is 96.1 cm³/mol. The van der Waals surface area contributed by atoms with Crippen molar-refractivity contribution in [3.8, 4) is 11.5 Å². The van der Waals surface area contributed by atoms with Gasteiger partial charge in [-0.1, -0.05) is 29.8 Å². The summed E-state index contributed by atoms with van der Waals surface area (Å²) in [6.45, 7) is 0.597. The molecule has 0 bridgehead atoms. The van der Waals surface area contributed by atoms with Gasteiger partial charge in [0.25, 0.3) is 0 Å². The van der Waals surface area contributed by atoms with Crippen LogP contribution < -0.4 is 20.1 Å². The molecule has 0 radical (unpaired) electrons. The molecule has 2 aliphatic rings. The minimum atomic E-state index is -0.317. The molecule has 0 aromatic heterocycles. The van der Waals surface area contributed by atoms with Crippen molar-refractivity contribution in [1.82, 2.24) is 5.32 Å². The van der Waals surface area contributed by atoms with Gasteiger partial charge >= 0.3 is 0 Å². The van der Waals surface area contributed by atoms with Crippen LogP contribution in [0.5, 0.6) is 11.5 Å². The third-order valence-corrected chi connectivity index (χ3v) is 4.83. The number of nitrogens with one attached hydrogen (secondary N) is 2. The number of rotatable bonds is 5. The third-order valence-electron chi connectivity index (χ3n) is 4.50. The summed E-state index contributed by atoms with van der Waals surface area (Å²) in [5.41, 5.74) is 1.48. The van der Waals surface area contributed by atoms with Crippen molar-refractivity contribution in [2.24, 2.45) is 11.8 Å². The first-order valence-electron chi connectivity index (χ1n) is 8.33. The van der Waals surface area contributed by atoms with E-state index in [1.807, 2.05) is 18.2 Å². The molecule has 2 N–H and O–H groups in total. The van der Waals surface area contributed by atoms with Crippen LogP contribution in [-0.2, 0) is 16.1 Å². The second-order valence-corrected chi connectivity index (χ2v) is 6.73. The molecule has 0 saturated heterocycles. The maximum atomic E-state index is 12.3. The number of benzene rings is 2. The molecule has 1 heterocycles. The van der Waals surface area contributed by atoms with Gasteiger partial charge < -0.3 is 20.1 Å². The van der Waals surface area contributed by atoms with Gasteiger partial charge in [0.2, 0.25) is 18.6 Å². The molecule has 2 amide bonds. The Morgan fingerprint density at radius 1 is 1.04 bits per heavy atom. The Labute approximate surface area is 155 Å². The number of para-hydroxylation sites is 1. The lowest BCUT2D eigenvalue weighted by molar-refractivity contribution is -0.125. The summed E-state index contributed by atoms with van der Waals surface area (Å²) >= 11 is 6.04. The van der Waals surface area contributed by atoms with E-state index in [9.17, 15) is 9.59 Å². The maximum Gasteiger partial charge on any atom is 0.231 e. The fourth-order valence-electron chi connectivity index (χ4n) is 2.93. The largest absolute Gasteiger partial charge is 0.454 e. The van der Waals surface area contributed by atoms with Crippen LogP contribution in [0.3, 0.4) is 0 Å². The van der Waals surface area contributed by atoms with E-state index in [4.69, 9.17) is 21.1 Å². The molecule has 2 aromatic carbocycles. The molecule has 1 aliphatic carbocycles. The number of ether oxygens (including phenoxy) is 2. The molecule has 2 atom stereocenters. The first-order valence-corrected chi connectivity index (χ1v) is 8.71. The van der Waals surface area contributed by atoms with Gasteiger partial charge in [-0.3, -0.25) is 9.59 Å². The zero-order valence-electron chi connectivity index (χ0n) is 13.8. The van der Waals surface area contributed by atoms with Gasteiger partial charge in [-0.05, 0) is 36.2 Å². The lowest BCUT2D eigenvalue weighted by Crippen LogP contribution is -2.27. The van der Waals surface area contributed by atoms with Crippen LogP contribution in [0.4, 0.5) is 5.69 Å². The quantitative estimate of drug-likeness (QED) is 0.846. The highest BCUT2D eigenvalue weighted by atomic mass is 35.5. The number of hydrogen-bond donors (Lipinski definition) is 2. The maximum absolute atomic E-state index is 12.3. The van der Waals surface area contributed by atoms with Crippen molar-refractivity contribution in [2.45, 2.75) is 13.0 Å². The lowest BCUT2D eigenvalue weighted by Gasteiger charge is -2.08.